The maximum atomic E-state index is 13.8. The van der Waals surface area contributed by atoms with Gasteiger partial charge in [-0.3, -0.25) is 4.79 Å². The van der Waals surface area contributed by atoms with E-state index >= 15 is 0 Å². The summed E-state index contributed by atoms with van der Waals surface area (Å²) in [6, 6.07) is 17.6. The van der Waals surface area contributed by atoms with Crippen LogP contribution in [-0.2, 0) is 16.1 Å². The van der Waals surface area contributed by atoms with Crippen molar-refractivity contribution >= 4 is 29.2 Å². The van der Waals surface area contributed by atoms with E-state index in [1.165, 1.54) is 4.58 Å². The molecule has 0 radical (unpaired) electrons. The SMILES string of the molecule is Cc1ccc(C)c(NC(=O)C[N+]2=C3c4ccccc4OC3C(=O)N(Cc3ccc4c(c3)OCO4)C2=O)c1. The number of hydrogen-bond donors (Lipinski definition) is 1. The number of ether oxygens (including phenoxy) is 3. The number of carbonyl (C=O) groups excluding carboxylic acids is 3. The van der Waals surface area contributed by atoms with E-state index in [1.54, 1.807) is 42.5 Å². The van der Waals surface area contributed by atoms with Crippen LogP contribution < -0.4 is 19.5 Å². The standard InChI is InChI=1S/C28H23N3O6/c1-16-7-8-17(2)20(11-16)29-24(32)14-30-25-19-5-3-4-6-21(19)37-26(25)27(33)31(28(30)34)13-18-9-10-22-23(12-18)36-15-35-22/h3-12,26H,13-15H2,1-2H3/p+1. The van der Waals surface area contributed by atoms with E-state index in [1.807, 2.05) is 32.0 Å². The average Bonchev–Trinajstić information content (AvgIpc) is 3.51. The number of nitrogens with one attached hydrogen (secondary N) is 1. The van der Waals surface area contributed by atoms with Crippen LogP contribution in [0.4, 0.5) is 10.5 Å². The summed E-state index contributed by atoms with van der Waals surface area (Å²) in [4.78, 5) is 41.5. The van der Waals surface area contributed by atoms with Crippen molar-refractivity contribution in [2.75, 3.05) is 18.7 Å². The van der Waals surface area contributed by atoms with E-state index in [9.17, 15) is 14.4 Å². The van der Waals surface area contributed by atoms with Gasteiger partial charge in [0, 0.05) is 5.69 Å². The number of fused-ring (bicyclic) bond motifs is 4. The number of aryl methyl sites for hydroxylation is 2. The van der Waals surface area contributed by atoms with E-state index in [-0.39, 0.29) is 25.8 Å². The minimum atomic E-state index is -1.03. The summed E-state index contributed by atoms with van der Waals surface area (Å²) >= 11 is 0. The van der Waals surface area contributed by atoms with Gasteiger partial charge in [-0.1, -0.05) is 30.3 Å². The van der Waals surface area contributed by atoms with Gasteiger partial charge in [0.25, 0.3) is 12.0 Å². The summed E-state index contributed by atoms with van der Waals surface area (Å²) in [6.07, 6.45) is -1.03. The first kappa shape index (κ1) is 22.8. The van der Waals surface area contributed by atoms with Crippen molar-refractivity contribution in [1.29, 1.82) is 0 Å². The third-order valence-corrected chi connectivity index (χ3v) is 6.65. The quantitative estimate of drug-likeness (QED) is 0.542. The number of rotatable bonds is 5. The second-order valence-electron chi connectivity index (χ2n) is 9.23. The number of benzene rings is 3. The zero-order valence-electron chi connectivity index (χ0n) is 20.3. The smallest absolute Gasteiger partial charge is 0.469 e. The summed E-state index contributed by atoms with van der Waals surface area (Å²) in [7, 11) is 0. The molecule has 1 atom stereocenters. The van der Waals surface area contributed by atoms with Crippen molar-refractivity contribution in [3.63, 3.8) is 0 Å². The summed E-state index contributed by atoms with van der Waals surface area (Å²) in [5.41, 5.74) is 4.27. The molecule has 37 heavy (non-hydrogen) atoms. The molecule has 1 unspecified atom stereocenters. The molecule has 0 saturated heterocycles. The summed E-state index contributed by atoms with van der Waals surface area (Å²) in [5, 5.41) is 2.91. The van der Waals surface area contributed by atoms with Gasteiger partial charge in [0.1, 0.15) is 12.3 Å². The van der Waals surface area contributed by atoms with Crippen LogP contribution in [-0.4, -0.2) is 52.5 Å². The van der Waals surface area contributed by atoms with Crippen molar-refractivity contribution in [1.82, 2.24) is 4.90 Å². The number of carbonyl (C=O) groups is 3. The fourth-order valence-corrected chi connectivity index (χ4v) is 4.77. The number of para-hydroxylation sites is 1. The van der Waals surface area contributed by atoms with Crippen LogP contribution in [0.1, 0.15) is 22.3 Å². The monoisotopic (exact) mass is 498 g/mol. The zero-order valence-corrected chi connectivity index (χ0v) is 20.3. The molecule has 0 bridgehead atoms. The van der Waals surface area contributed by atoms with Crippen LogP contribution in [0, 0.1) is 13.8 Å². The highest BCUT2D eigenvalue weighted by Gasteiger charge is 2.54. The lowest BCUT2D eigenvalue weighted by Crippen LogP contribution is -2.58. The fraction of sp³-hybridized carbons (Fsp3) is 0.214. The van der Waals surface area contributed by atoms with Gasteiger partial charge in [-0.25, -0.2) is 4.79 Å². The second-order valence-corrected chi connectivity index (χ2v) is 9.23. The van der Waals surface area contributed by atoms with E-state index in [4.69, 9.17) is 14.2 Å². The zero-order chi connectivity index (χ0) is 25.7. The first-order valence-electron chi connectivity index (χ1n) is 11.9. The number of nitrogens with zero attached hydrogens (tertiary/aromatic N) is 2. The highest BCUT2D eigenvalue weighted by Crippen LogP contribution is 2.35. The molecule has 0 spiro atoms. The summed E-state index contributed by atoms with van der Waals surface area (Å²) in [5.74, 6) is 0.787. The van der Waals surface area contributed by atoms with Gasteiger partial charge >= 0.3 is 11.9 Å². The van der Waals surface area contributed by atoms with Crippen LogP contribution in [0.5, 0.6) is 17.2 Å². The van der Waals surface area contributed by atoms with Crippen molar-refractivity contribution in [3.8, 4) is 17.2 Å². The number of imide groups is 1. The number of urea groups is 1. The molecule has 6 rings (SSSR count). The first-order valence-corrected chi connectivity index (χ1v) is 11.9. The average molecular weight is 499 g/mol. The molecule has 0 aliphatic carbocycles. The van der Waals surface area contributed by atoms with Crippen LogP contribution >= 0.6 is 0 Å². The number of hydrogen-bond acceptors (Lipinski definition) is 6. The molecule has 3 heterocycles. The van der Waals surface area contributed by atoms with Crippen molar-refractivity contribution < 1.29 is 33.2 Å². The minimum Gasteiger partial charge on any atom is -0.469 e. The largest absolute Gasteiger partial charge is 0.501 e. The molecule has 3 aromatic carbocycles. The summed E-state index contributed by atoms with van der Waals surface area (Å²) in [6.45, 7) is 3.68. The van der Waals surface area contributed by atoms with Gasteiger partial charge in [0.15, 0.2) is 23.8 Å². The molecule has 0 fully saturated rings. The molecule has 186 valence electrons. The molecule has 9 nitrogen and oxygen atoms in total. The Balaban J connectivity index is 1.35. The maximum absolute atomic E-state index is 13.8. The third-order valence-electron chi connectivity index (χ3n) is 6.65. The minimum absolute atomic E-state index is 0.00704. The Morgan fingerprint density at radius 1 is 1.00 bits per heavy atom. The molecule has 4 amide bonds. The Hall–Kier alpha value is -4.66. The van der Waals surface area contributed by atoms with Gasteiger partial charge in [-0.2, -0.15) is 14.3 Å². The van der Waals surface area contributed by atoms with Crippen LogP contribution in [0.15, 0.2) is 60.7 Å². The normalized spacial score (nSPS) is 17.5. The summed E-state index contributed by atoms with van der Waals surface area (Å²) < 4.78 is 18.1. The van der Waals surface area contributed by atoms with Crippen LogP contribution in [0.25, 0.3) is 0 Å². The Kier molecular flexibility index (Phi) is 5.40. The van der Waals surface area contributed by atoms with Crippen LogP contribution in [0.3, 0.4) is 0 Å². The predicted molar refractivity (Wildman–Crippen MR) is 133 cm³/mol. The maximum Gasteiger partial charge on any atom is 0.501 e. The first-order chi connectivity index (χ1) is 17.9. The van der Waals surface area contributed by atoms with Gasteiger partial charge in [0.2, 0.25) is 6.79 Å². The lowest BCUT2D eigenvalue weighted by molar-refractivity contribution is -0.428. The molecular formula is C28H24N3O6+. The lowest BCUT2D eigenvalue weighted by atomic mass is 10.0. The predicted octanol–water partition coefficient (Wildman–Crippen LogP) is 3.40. The molecule has 1 N–H and O–H groups in total. The van der Waals surface area contributed by atoms with Gasteiger partial charge in [-0.15, -0.1) is 0 Å². The third kappa shape index (κ3) is 3.98. The van der Waals surface area contributed by atoms with Crippen molar-refractivity contribution in [2.24, 2.45) is 0 Å². The highest BCUT2D eigenvalue weighted by atomic mass is 16.7. The molecular weight excluding hydrogens is 474 g/mol. The van der Waals surface area contributed by atoms with Crippen molar-refractivity contribution in [3.05, 3.63) is 82.9 Å². The molecule has 9 heteroatoms. The molecule has 3 aliphatic rings. The highest BCUT2D eigenvalue weighted by molar-refractivity contribution is 6.22. The fourth-order valence-electron chi connectivity index (χ4n) is 4.77. The number of amides is 4. The van der Waals surface area contributed by atoms with Crippen LogP contribution in [0.2, 0.25) is 0 Å². The van der Waals surface area contributed by atoms with E-state index in [0.717, 1.165) is 16.0 Å². The van der Waals surface area contributed by atoms with Gasteiger partial charge in [0.05, 0.1) is 5.56 Å². The Labute approximate surface area is 212 Å². The van der Waals surface area contributed by atoms with Crippen molar-refractivity contribution in [2.45, 2.75) is 26.5 Å². The Morgan fingerprint density at radius 3 is 2.68 bits per heavy atom. The van der Waals surface area contributed by atoms with Gasteiger partial charge in [-0.05, 0) is 60.9 Å². The lowest BCUT2D eigenvalue weighted by Gasteiger charge is -2.24. The second kappa shape index (κ2) is 8.77. The molecule has 0 saturated carbocycles. The molecule has 3 aliphatic heterocycles. The Morgan fingerprint density at radius 2 is 1.81 bits per heavy atom. The Bertz CT molecular complexity index is 1510. The van der Waals surface area contributed by atoms with E-state index < -0.39 is 18.0 Å². The number of anilines is 1. The van der Waals surface area contributed by atoms with E-state index in [2.05, 4.69) is 5.32 Å². The molecule has 3 aromatic rings. The molecule has 0 aromatic heterocycles. The van der Waals surface area contributed by atoms with E-state index in [0.29, 0.717) is 39.8 Å². The topological polar surface area (TPSA) is 97.2 Å². The van der Waals surface area contributed by atoms with Gasteiger partial charge < -0.3 is 19.5 Å².